The molecule has 0 aliphatic rings. The molecule has 0 fully saturated rings. The van der Waals surface area contributed by atoms with Crippen molar-refractivity contribution >= 4 is 39.7 Å². The van der Waals surface area contributed by atoms with Crippen molar-refractivity contribution in [1.29, 1.82) is 0 Å². The average Bonchev–Trinajstić information content (AvgIpc) is 3.53. The van der Waals surface area contributed by atoms with Gasteiger partial charge in [0.1, 0.15) is 11.2 Å². The Balaban J connectivity index is 1.54. The topological polar surface area (TPSA) is 149 Å². The summed E-state index contributed by atoms with van der Waals surface area (Å²) in [6.07, 6.45) is 8.18. The van der Waals surface area contributed by atoms with Gasteiger partial charge in [-0.1, -0.05) is 0 Å². The van der Waals surface area contributed by atoms with Gasteiger partial charge in [-0.05, 0) is 26.0 Å². The van der Waals surface area contributed by atoms with Crippen molar-refractivity contribution < 1.29 is 9.59 Å². The number of pyridine rings is 3. The lowest BCUT2D eigenvalue weighted by molar-refractivity contribution is 0.0774. The fraction of sp³-hybridized carbons (Fsp3) is 0.240. The van der Waals surface area contributed by atoms with E-state index in [4.69, 9.17) is 4.98 Å². The Morgan fingerprint density at radius 2 is 1.73 bits per heavy atom. The second-order valence-corrected chi connectivity index (χ2v) is 8.63. The molecule has 5 aromatic rings. The van der Waals surface area contributed by atoms with Gasteiger partial charge in [-0.2, -0.15) is 5.10 Å². The summed E-state index contributed by atoms with van der Waals surface area (Å²) in [6, 6.07) is 3.51. The number of rotatable bonds is 6. The first-order valence-corrected chi connectivity index (χ1v) is 11.8. The lowest BCUT2D eigenvalue weighted by atomic mass is 10.1. The van der Waals surface area contributed by atoms with E-state index in [-0.39, 0.29) is 11.9 Å². The normalized spacial score (nSPS) is 11.1. The van der Waals surface area contributed by atoms with Crippen LogP contribution in [0.2, 0.25) is 0 Å². The molecule has 0 atom stereocenters. The Labute approximate surface area is 212 Å². The van der Waals surface area contributed by atoms with Gasteiger partial charge in [0.15, 0.2) is 11.5 Å². The van der Waals surface area contributed by atoms with Crippen LogP contribution < -0.4 is 5.32 Å². The van der Waals surface area contributed by atoms with Crippen molar-refractivity contribution in [1.82, 2.24) is 44.9 Å². The van der Waals surface area contributed by atoms with Gasteiger partial charge >= 0.3 is 6.03 Å². The van der Waals surface area contributed by atoms with E-state index in [0.717, 1.165) is 16.5 Å². The Hall–Kier alpha value is -4.87. The quantitative estimate of drug-likeness (QED) is 0.324. The van der Waals surface area contributed by atoms with Crippen LogP contribution in [0, 0.1) is 0 Å². The Kier molecular flexibility index (Phi) is 6.22. The summed E-state index contributed by atoms with van der Waals surface area (Å²) >= 11 is 0. The van der Waals surface area contributed by atoms with E-state index in [1.165, 1.54) is 4.90 Å². The standard InChI is InChI=1S/C25H26N10O2/c1-5-35(6-2)24(36)18-12-27-13-19-20(18)31-23(30-19)21-17-8-15(10-28-22(17)33-32-21)14-7-16(11-26-9-14)29-25(37)34(3)4/h7-13H,5-6H2,1-4H3,(H,29,37)(H,30,31)(H,28,32,33). The molecule has 5 rings (SSSR count). The number of H-pyrrole nitrogens is 2. The molecule has 0 aromatic carbocycles. The molecule has 12 heteroatoms. The molecule has 37 heavy (non-hydrogen) atoms. The number of nitrogens with zero attached hydrogens (tertiary/aromatic N) is 7. The van der Waals surface area contributed by atoms with Crippen LogP contribution in [0.15, 0.2) is 43.1 Å². The third kappa shape index (κ3) is 4.44. The lowest BCUT2D eigenvalue weighted by Crippen LogP contribution is -2.30. The highest BCUT2D eigenvalue weighted by Gasteiger charge is 2.21. The molecule has 0 aliphatic carbocycles. The van der Waals surface area contributed by atoms with Crippen LogP contribution in [-0.2, 0) is 0 Å². The molecular weight excluding hydrogens is 472 g/mol. The number of imidazole rings is 1. The minimum absolute atomic E-state index is 0.117. The molecular formula is C25H26N10O2. The largest absolute Gasteiger partial charge is 0.339 e. The van der Waals surface area contributed by atoms with Crippen molar-refractivity contribution in [3.8, 4) is 22.6 Å². The Morgan fingerprint density at radius 1 is 0.973 bits per heavy atom. The second kappa shape index (κ2) is 9.64. The molecule has 0 saturated carbocycles. The first-order chi connectivity index (χ1) is 17.9. The molecule has 188 valence electrons. The number of carbonyl (C=O) groups excluding carboxylic acids is 2. The SMILES string of the molecule is CCN(CC)C(=O)c1cncc2[nH]c(-c3[nH]nc4ncc(-c5cncc(NC(=O)N(C)C)c5)cc34)nc12. The van der Waals surface area contributed by atoms with Gasteiger partial charge in [-0.25, -0.2) is 14.8 Å². The monoisotopic (exact) mass is 498 g/mol. The minimum Gasteiger partial charge on any atom is -0.339 e. The zero-order chi connectivity index (χ0) is 26.1. The first-order valence-electron chi connectivity index (χ1n) is 11.8. The van der Waals surface area contributed by atoms with E-state index < -0.39 is 0 Å². The maximum atomic E-state index is 13.0. The maximum absolute atomic E-state index is 13.0. The smallest absolute Gasteiger partial charge is 0.321 e. The molecule has 0 bridgehead atoms. The highest BCUT2D eigenvalue weighted by molar-refractivity contribution is 6.05. The minimum atomic E-state index is -0.247. The number of hydrogen-bond donors (Lipinski definition) is 3. The number of urea groups is 1. The number of anilines is 1. The van der Waals surface area contributed by atoms with E-state index in [9.17, 15) is 9.59 Å². The summed E-state index contributed by atoms with van der Waals surface area (Å²) in [6.45, 7) is 5.07. The van der Waals surface area contributed by atoms with E-state index in [0.29, 0.717) is 52.5 Å². The van der Waals surface area contributed by atoms with Gasteiger partial charge in [-0.3, -0.25) is 19.9 Å². The van der Waals surface area contributed by atoms with E-state index in [2.05, 4.69) is 35.5 Å². The van der Waals surface area contributed by atoms with Crippen molar-refractivity contribution in [3.63, 3.8) is 0 Å². The first kappa shape index (κ1) is 23.9. The number of aromatic nitrogens is 7. The number of fused-ring (bicyclic) bond motifs is 2. The van der Waals surface area contributed by atoms with E-state index >= 15 is 0 Å². The number of hydrogen-bond acceptors (Lipinski definition) is 7. The second-order valence-electron chi connectivity index (χ2n) is 8.63. The third-order valence-electron chi connectivity index (χ3n) is 6.05. The molecule has 3 amide bonds. The molecule has 0 radical (unpaired) electrons. The Morgan fingerprint density at radius 3 is 2.49 bits per heavy atom. The van der Waals surface area contributed by atoms with Gasteiger partial charge in [-0.15, -0.1) is 0 Å². The predicted octanol–water partition coefficient (Wildman–Crippen LogP) is 3.53. The number of nitrogens with one attached hydrogen (secondary N) is 3. The molecule has 0 unspecified atom stereocenters. The van der Waals surface area contributed by atoms with E-state index in [1.54, 1.807) is 50.0 Å². The highest BCUT2D eigenvalue weighted by atomic mass is 16.2. The van der Waals surface area contributed by atoms with E-state index in [1.807, 2.05) is 26.0 Å². The summed E-state index contributed by atoms with van der Waals surface area (Å²) in [5, 5.41) is 10.9. The van der Waals surface area contributed by atoms with Gasteiger partial charge < -0.3 is 20.1 Å². The van der Waals surface area contributed by atoms with Crippen LogP contribution in [0.1, 0.15) is 24.2 Å². The fourth-order valence-corrected chi connectivity index (χ4v) is 4.03. The fourth-order valence-electron chi connectivity index (χ4n) is 4.03. The van der Waals surface area contributed by atoms with Gasteiger partial charge in [0.2, 0.25) is 0 Å². The summed E-state index contributed by atoms with van der Waals surface area (Å²) in [5.41, 5.74) is 4.91. The molecule has 3 N–H and O–H groups in total. The van der Waals surface area contributed by atoms with Crippen LogP contribution in [0.3, 0.4) is 0 Å². The highest BCUT2D eigenvalue weighted by Crippen LogP contribution is 2.30. The van der Waals surface area contributed by atoms with Crippen LogP contribution in [0.5, 0.6) is 0 Å². The van der Waals surface area contributed by atoms with Gasteiger partial charge in [0, 0.05) is 56.9 Å². The van der Waals surface area contributed by atoms with Crippen molar-refractivity contribution in [2.24, 2.45) is 0 Å². The average molecular weight is 499 g/mol. The van der Waals surface area contributed by atoms with Crippen molar-refractivity contribution in [2.75, 3.05) is 32.5 Å². The van der Waals surface area contributed by atoms with Crippen molar-refractivity contribution in [3.05, 3.63) is 48.7 Å². The van der Waals surface area contributed by atoms with Crippen LogP contribution >= 0.6 is 0 Å². The van der Waals surface area contributed by atoms with Crippen LogP contribution in [-0.4, -0.2) is 84.0 Å². The molecule has 0 aliphatic heterocycles. The summed E-state index contributed by atoms with van der Waals surface area (Å²) in [7, 11) is 3.34. The molecule has 12 nitrogen and oxygen atoms in total. The van der Waals surface area contributed by atoms with Gasteiger partial charge in [0.25, 0.3) is 5.91 Å². The lowest BCUT2D eigenvalue weighted by Gasteiger charge is -2.18. The van der Waals surface area contributed by atoms with Gasteiger partial charge in [0.05, 0.1) is 34.5 Å². The number of aromatic amines is 2. The molecule has 0 spiro atoms. The zero-order valence-electron chi connectivity index (χ0n) is 20.9. The van der Waals surface area contributed by atoms with Crippen LogP contribution in [0.4, 0.5) is 10.5 Å². The summed E-state index contributed by atoms with van der Waals surface area (Å²) in [4.78, 5) is 49.2. The zero-order valence-corrected chi connectivity index (χ0v) is 20.9. The predicted molar refractivity (Wildman–Crippen MR) is 140 cm³/mol. The summed E-state index contributed by atoms with van der Waals surface area (Å²) in [5.74, 6) is 0.400. The molecule has 5 heterocycles. The third-order valence-corrected chi connectivity index (χ3v) is 6.05. The number of amides is 3. The summed E-state index contributed by atoms with van der Waals surface area (Å²) < 4.78 is 0. The van der Waals surface area contributed by atoms with Crippen molar-refractivity contribution in [2.45, 2.75) is 13.8 Å². The Bertz CT molecular complexity index is 1620. The maximum Gasteiger partial charge on any atom is 0.321 e. The van der Waals surface area contributed by atoms with Crippen LogP contribution in [0.25, 0.3) is 44.7 Å². The molecule has 5 aromatic heterocycles. The number of carbonyl (C=O) groups is 2. The molecule has 0 saturated heterocycles.